The van der Waals surface area contributed by atoms with Gasteiger partial charge in [-0.25, -0.2) is 0 Å². The van der Waals surface area contributed by atoms with Crippen molar-refractivity contribution < 1.29 is 23.8 Å². The van der Waals surface area contributed by atoms with Crippen molar-refractivity contribution in [2.45, 2.75) is 39.7 Å². The molecule has 1 aromatic rings. The number of carbonyl (C=O) groups is 2. The number of benzene rings is 1. The molecule has 28 heavy (non-hydrogen) atoms. The predicted molar refractivity (Wildman–Crippen MR) is 112 cm³/mol. The molecule has 8 heteroatoms. The van der Waals surface area contributed by atoms with Gasteiger partial charge in [-0.1, -0.05) is 18.5 Å². The van der Waals surface area contributed by atoms with Gasteiger partial charge < -0.3 is 14.2 Å². The third-order valence-corrected chi connectivity index (χ3v) is 5.32. The van der Waals surface area contributed by atoms with Gasteiger partial charge >= 0.3 is 0 Å². The van der Waals surface area contributed by atoms with Crippen molar-refractivity contribution in [2.24, 2.45) is 0 Å². The summed E-state index contributed by atoms with van der Waals surface area (Å²) < 4.78 is 16.5. The standard InChI is InChI=1S/C20H26ClNO5S/c1-5-13(3)27-18-15(21)10-14(11-16(18)26-6-2)12-17-19(23)22(20(24)28-17)8-7-9-25-4/h10-13H,5-9H2,1-4H3/b17-12+/t13-/m0/s1. The van der Waals surface area contributed by atoms with E-state index in [4.69, 9.17) is 25.8 Å². The Hall–Kier alpha value is -1.70. The SMILES string of the molecule is CCOc1cc(/C=C2/SC(=O)N(CCCOC)C2=O)cc(Cl)c1O[C@@H](C)CC. The molecule has 1 saturated heterocycles. The van der Waals surface area contributed by atoms with Crippen LogP contribution < -0.4 is 9.47 Å². The number of thioether (sulfide) groups is 1. The van der Waals surface area contributed by atoms with Gasteiger partial charge in [0.25, 0.3) is 11.1 Å². The lowest BCUT2D eigenvalue weighted by Gasteiger charge is -2.18. The highest BCUT2D eigenvalue weighted by atomic mass is 35.5. The van der Waals surface area contributed by atoms with E-state index in [0.29, 0.717) is 53.2 Å². The van der Waals surface area contributed by atoms with Crippen LogP contribution in [-0.4, -0.2) is 49.0 Å². The molecule has 1 fully saturated rings. The molecule has 0 aromatic heterocycles. The second-order valence-electron chi connectivity index (χ2n) is 6.28. The van der Waals surface area contributed by atoms with E-state index in [1.54, 1.807) is 25.3 Å². The van der Waals surface area contributed by atoms with Crippen molar-refractivity contribution in [1.82, 2.24) is 4.90 Å². The van der Waals surface area contributed by atoms with E-state index < -0.39 is 0 Å². The van der Waals surface area contributed by atoms with E-state index in [2.05, 4.69) is 0 Å². The summed E-state index contributed by atoms with van der Waals surface area (Å²) in [5, 5.41) is 0.122. The van der Waals surface area contributed by atoms with E-state index in [1.165, 1.54) is 4.90 Å². The molecule has 154 valence electrons. The number of rotatable bonds is 10. The molecule has 1 heterocycles. The highest BCUT2D eigenvalue weighted by Gasteiger charge is 2.34. The highest BCUT2D eigenvalue weighted by Crippen LogP contribution is 2.39. The van der Waals surface area contributed by atoms with Crippen LogP contribution in [0.15, 0.2) is 17.0 Å². The summed E-state index contributed by atoms with van der Waals surface area (Å²) in [6, 6.07) is 3.48. The zero-order chi connectivity index (χ0) is 20.7. The molecule has 0 spiro atoms. The van der Waals surface area contributed by atoms with Crippen LogP contribution in [0.2, 0.25) is 5.02 Å². The fraction of sp³-hybridized carbons (Fsp3) is 0.500. The van der Waals surface area contributed by atoms with Crippen molar-refractivity contribution in [3.05, 3.63) is 27.6 Å². The predicted octanol–water partition coefficient (Wildman–Crippen LogP) is 4.99. The minimum Gasteiger partial charge on any atom is -0.490 e. The molecule has 6 nitrogen and oxygen atoms in total. The van der Waals surface area contributed by atoms with Crippen LogP contribution in [-0.2, 0) is 9.53 Å². The summed E-state index contributed by atoms with van der Waals surface area (Å²) in [7, 11) is 1.59. The second-order valence-corrected chi connectivity index (χ2v) is 7.68. The van der Waals surface area contributed by atoms with Crippen LogP contribution in [0.3, 0.4) is 0 Å². The molecule has 1 aliphatic heterocycles. The van der Waals surface area contributed by atoms with Crippen molar-refractivity contribution in [3.8, 4) is 11.5 Å². The maximum absolute atomic E-state index is 12.5. The summed E-state index contributed by atoms with van der Waals surface area (Å²) in [6.07, 6.45) is 3.08. The van der Waals surface area contributed by atoms with E-state index >= 15 is 0 Å². The fourth-order valence-corrected chi connectivity index (χ4v) is 3.67. The van der Waals surface area contributed by atoms with Gasteiger partial charge in [0.1, 0.15) is 0 Å². The Kier molecular flexibility index (Phi) is 8.66. The van der Waals surface area contributed by atoms with E-state index in [9.17, 15) is 9.59 Å². The Morgan fingerprint density at radius 1 is 1.29 bits per heavy atom. The van der Waals surface area contributed by atoms with Crippen molar-refractivity contribution >= 4 is 40.6 Å². The highest BCUT2D eigenvalue weighted by molar-refractivity contribution is 8.18. The third-order valence-electron chi connectivity index (χ3n) is 4.13. The van der Waals surface area contributed by atoms with Crippen LogP contribution in [0.1, 0.15) is 39.2 Å². The molecular formula is C20H26ClNO5S. The quantitative estimate of drug-likeness (QED) is 0.387. The number of imide groups is 1. The number of hydrogen-bond donors (Lipinski definition) is 0. The number of methoxy groups -OCH3 is 1. The maximum Gasteiger partial charge on any atom is 0.293 e. The molecule has 0 radical (unpaired) electrons. The summed E-state index contributed by atoms with van der Waals surface area (Å²) in [5.41, 5.74) is 0.673. The zero-order valence-electron chi connectivity index (χ0n) is 16.6. The fourth-order valence-electron chi connectivity index (χ4n) is 2.54. The molecule has 2 rings (SSSR count). The first kappa shape index (κ1) is 22.6. The number of halogens is 1. The zero-order valence-corrected chi connectivity index (χ0v) is 18.2. The first-order chi connectivity index (χ1) is 13.4. The van der Waals surface area contributed by atoms with Crippen LogP contribution in [0.4, 0.5) is 4.79 Å². The lowest BCUT2D eigenvalue weighted by Crippen LogP contribution is -2.29. The van der Waals surface area contributed by atoms with Gasteiger partial charge in [-0.3, -0.25) is 14.5 Å². The second kappa shape index (κ2) is 10.7. The molecule has 0 aliphatic carbocycles. The van der Waals surface area contributed by atoms with Gasteiger partial charge in [-0.2, -0.15) is 0 Å². The normalized spacial score (nSPS) is 16.8. The Balaban J connectivity index is 2.27. The Labute approximate surface area is 175 Å². The molecule has 1 aromatic carbocycles. The summed E-state index contributed by atoms with van der Waals surface area (Å²) in [5.74, 6) is 0.698. The number of ether oxygens (including phenoxy) is 3. The van der Waals surface area contributed by atoms with Crippen molar-refractivity contribution in [1.29, 1.82) is 0 Å². The Morgan fingerprint density at radius 3 is 2.68 bits per heavy atom. The number of carbonyl (C=O) groups excluding carboxylic acids is 2. The first-order valence-electron chi connectivity index (χ1n) is 9.28. The third kappa shape index (κ3) is 5.65. The lowest BCUT2D eigenvalue weighted by molar-refractivity contribution is -0.122. The average molecular weight is 428 g/mol. The lowest BCUT2D eigenvalue weighted by atomic mass is 10.1. The van der Waals surface area contributed by atoms with Gasteiger partial charge in [0.15, 0.2) is 11.5 Å². The molecule has 0 saturated carbocycles. The number of nitrogens with zero attached hydrogens (tertiary/aromatic N) is 1. The van der Waals surface area contributed by atoms with Crippen molar-refractivity contribution in [2.75, 3.05) is 26.9 Å². The molecular weight excluding hydrogens is 402 g/mol. The van der Waals surface area contributed by atoms with Crippen LogP contribution in [0.25, 0.3) is 6.08 Å². The van der Waals surface area contributed by atoms with E-state index in [0.717, 1.165) is 18.2 Å². The number of amides is 2. The van der Waals surface area contributed by atoms with E-state index in [-0.39, 0.29) is 17.3 Å². The van der Waals surface area contributed by atoms with Crippen LogP contribution in [0, 0.1) is 0 Å². The van der Waals surface area contributed by atoms with Gasteiger partial charge in [0, 0.05) is 20.3 Å². The monoisotopic (exact) mass is 427 g/mol. The maximum atomic E-state index is 12.5. The molecule has 0 bridgehead atoms. The summed E-state index contributed by atoms with van der Waals surface area (Å²) in [4.78, 5) is 26.3. The first-order valence-corrected chi connectivity index (χ1v) is 10.5. The molecule has 0 unspecified atom stereocenters. The van der Waals surface area contributed by atoms with Gasteiger partial charge in [0.2, 0.25) is 0 Å². The summed E-state index contributed by atoms with van der Waals surface area (Å²) in [6.45, 7) is 7.13. The smallest absolute Gasteiger partial charge is 0.293 e. The minimum absolute atomic E-state index is 0.00819. The largest absolute Gasteiger partial charge is 0.490 e. The molecule has 2 amide bonds. The van der Waals surface area contributed by atoms with Crippen molar-refractivity contribution in [3.63, 3.8) is 0 Å². The van der Waals surface area contributed by atoms with Crippen LogP contribution in [0.5, 0.6) is 11.5 Å². The Morgan fingerprint density at radius 2 is 2.04 bits per heavy atom. The van der Waals surface area contributed by atoms with E-state index in [1.807, 2.05) is 20.8 Å². The van der Waals surface area contributed by atoms with Gasteiger partial charge in [0.05, 0.1) is 22.6 Å². The minimum atomic E-state index is -0.305. The Bertz CT molecular complexity index is 752. The van der Waals surface area contributed by atoms with Crippen LogP contribution >= 0.6 is 23.4 Å². The molecule has 1 aliphatic rings. The summed E-state index contributed by atoms with van der Waals surface area (Å²) >= 11 is 7.34. The topological polar surface area (TPSA) is 65.1 Å². The van der Waals surface area contributed by atoms with Gasteiger partial charge in [-0.15, -0.1) is 0 Å². The molecule has 1 atom stereocenters. The number of hydrogen-bond acceptors (Lipinski definition) is 6. The van der Waals surface area contributed by atoms with Gasteiger partial charge in [-0.05, 0) is 62.2 Å². The molecule has 0 N–H and O–H groups in total. The average Bonchev–Trinajstić information content (AvgIpc) is 2.92.